The third-order valence-corrected chi connectivity index (χ3v) is 4.77. The van der Waals surface area contributed by atoms with Crippen LogP contribution in [0.2, 0.25) is 0 Å². The molecule has 1 heteroatoms. The van der Waals surface area contributed by atoms with Gasteiger partial charge < -0.3 is 5.73 Å². The van der Waals surface area contributed by atoms with Crippen LogP contribution in [0.4, 0.5) is 0 Å². The van der Waals surface area contributed by atoms with E-state index in [1.54, 1.807) is 0 Å². The fraction of sp³-hybridized carbons (Fsp3) is 1.00. The maximum absolute atomic E-state index is 6.56. The maximum Gasteiger partial charge on any atom is 0.0157 e. The van der Waals surface area contributed by atoms with E-state index in [0.717, 1.165) is 5.92 Å². The van der Waals surface area contributed by atoms with Crippen LogP contribution in [0, 0.1) is 11.3 Å². The van der Waals surface area contributed by atoms with E-state index in [0.29, 0.717) is 5.41 Å². The molecule has 2 N–H and O–H groups in total. The molecular formula is C14H27N. The monoisotopic (exact) mass is 209 g/mol. The lowest BCUT2D eigenvalue weighted by Crippen LogP contribution is -2.46. The van der Waals surface area contributed by atoms with Gasteiger partial charge in [-0.25, -0.2) is 0 Å². The van der Waals surface area contributed by atoms with E-state index in [9.17, 15) is 0 Å². The summed E-state index contributed by atoms with van der Waals surface area (Å²) in [5.41, 5.74) is 7.31. The van der Waals surface area contributed by atoms with E-state index in [-0.39, 0.29) is 5.54 Å². The van der Waals surface area contributed by atoms with Gasteiger partial charge in [0.05, 0.1) is 0 Å². The van der Waals surface area contributed by atoms with Crippen molar-refractivity contribution in [1.29, 1.82) is 0 Å². The minimum atomic E-state index is 0.199. The third-order valence-electron chi connectivity index (χ3n) is 4.77. The van der Waals surface area contributed by atoms with Crippen molar-refractivity contribution in [3.05, 3.63) is 0 Å². The molecule has 0 aromatic heterocycles. The molecule has 88 valence electrons. The van der Waals surface area contributed by atoms with Gasteiger partial charge in [0, 0.05) is 5.54 Å². The van der Waals surface area contributed by atoms with E-state index >= 15 is 0 Å². The Morgan fingerprint density at radius 3 is 2.07 bits per heavy atom. The Kier molecular flexibility index (Phi) is 3.12. The molecule has 1 nitrogen and oxygen atoms in total. The SMILES string of the molecule is CC1(C)CCC(N)(CC2CCCC2)CC1. The standard InChI is InChI=1S/C14H27N/c1-13(2)7-9-14(15,10-8-13)11-12-5-3-4-6-12/h12H,3-11,15H2,1-2H3. The lowest BCUT2D eigenvalue weighted by molar-refractivity contribution is 0.143. The number of rotatable bonds is 2. The van der Waals surface area contributed by atoms with Crippen LogP contribution in [0.3, 0.4) is 0 Å². The Morgan fingerprint density at radius 1 is 1.00 bits per heavy atom. The molecule has 0 heterocycles. The zero-order valence-corrected chi connectivity index (χ0v) is 10.5. The minimum absolute atomic E-state index is 0.199. The molecule has 0 aromatic rings. The van der Waals surface area contributed by atoms with Crippen LogP contribution in [0.15, 0.2) is 0 Å². The predicted molar refractivity (Wildman–Crippen MR) is 65.7 cm³/mol. The number of hydrogen-bond acceptors (Lipinski definition) is 1. The van der Waals surface area contributed by atoms with Gasteiger partial charge in [-0.1, -0.05) is 39.5 Å². The zero-order chi connectivity index (χ0) is 10.9. The van der Waals surface area contributed by atoms with Crippen molar-refractivity contribution in [2.75, 3.05) is 0 Å². The molecule has 0 spiro atoms. The van der Waals surface area contributed by atoms with Gasteiger partial charge in [0.2, 0.25) is 0 Å². The van der Waals surface area contributed by atoms with Crippen LogP contribution < -0.4 is 5.73 Å². The van der Waals surface area contributed by atoms with Gasteiger partial charge in [-0.15, -0.1) is 0 Å². The first-order chi connectivity index (χ1) is 6.99. The molecule has 0 amide bonds. The van der Waals surface area contributed by atoms with Crippen LogP contribution in [-0.2, 0) is 0 Å². The van der Waals surface area contributed by atoms with Gasteiger partial charge >= 0.3 is 0 Å². The summed E-state index contributed by atoms with van der Waals surface area (Å²) in [6.07, 6.45) is 12.3. The molecule has 2 fully saturated rings. The topological polar surface area (TPSA) is 26.0 Å². The molecule has 2 aliphatic carbocycles. The molecule has 0 atom stereocenters. The molecule has 2 aliphatic rings. The minimum Gasteiger partial charge on any atom is -0.325 e. The summed E-state index contributed by atoms with van der Waals surface area (Å²) in [5.74, 6) is 0.955. The van der Waals surface area contributed by atoms with Crippen molar-refractivity contribution in [3.8, 4) is 0 Å². The third kappa shape index (κ3) is 2.96. The summed E-state index contributed by atoms with van der Waals surface area (Å²) in [7, 11) is 0. The molecule has 2 rings (SSSR count). The van der Waals surface area contributed by atoms with E-state index in [4.69, 9.17) is 5.73 Å². The van der Waals surface area contributed by atoms with Gasteiger partial charge in [0.25, 0.3) is 0 Å². The highest BCUT2D eigenvalue weighted by Gasteiger charge is 2.37. The molecular weight excluding hydrogens is 182 g/mol. The van der Waals surface area contributed by atoms with Gasteiger partial charge in [-0.3, -0.25) is 0 Å². The Morgan fingerprint density at radius 2 is 1.53 bits per heavy atom. The van der Waals surface area contributed by atoms with E-state index in [2.05, 4.69) is 13.8 Å². The first-order valence-corrected chi connectivity index (χ1v) is 6.78. The fourth-order valence-electron chi connectivity index (χ4n) is 3.42. The molecule has 0 radical (unpaired) electrons. The molecule has 0 saturated heterocycles. The molecule has 0 bridgehead atoms. The molecule has 15 heavy (non-hydrogen) atoms. The normalized spacial score (nSPS) is 30.6. The fourth-order valence-corrected chi connectivity index (χ4v) is 3.42. The van der Waals surface area contributed by atoms with Crippen LogP contribution in [0.25, 0.3) is 0 Å². The average Bonchev–Trinajstić information content (AvgIpc) is 2.64. The number of hydrogen-bond donors (Lipinski definition) is 1. The second-order valence-electron chi connectivity index (χ2n) is 6.88. The van der Waals surface area contributed by atoms with Crippen molar-refractivity contribution in [3.63, 3.8) is 0 Å². The van der Waals surface area contributed by atoms with Crippen LogP contribution in [0.1, 0.15) is 71.6 Å². The van der Waals surface area contributed by atoms with E-state index < -0.39 is 0 Å². The highest BCUT2D eigenvalue weighted by molar-refractivity contribution is 4.94. The first kappa shape index (κ1) is 11.4. The van der Waals surface area contributed by atoms with Crippen molar-refractivity contribution >= 4 is 0 Å². The summed E-state index contributed by atoms with van der Waals surface area (Å²) >= 11 is 0. The maximum atomic E-state index is 6.56. The van der Waals surface area contributed by atoms with Crippen molar-refractivity contribution < 1.29 is 0 Å². The van der Waals surface area contributed by atoms with Gasteiger partial charge in [0.15, 0.2) is 0 Å². The van der Waals surface area contributed by atoms with Crippen LogP contribution in [0.5, 0.6) is 0 Å². The predicted octanol–water partition coefficient (Wildman–Crippen LogP) is 3.86. The molecule has 2 saturated carbocycles. The van der Waals surface area contributed by atoms with Crippen LogP contribution >= 0.6 is 0 Å². The summed E-state index contributed by atoms with van der Waals surface area (Å²) in [6, 6.07) is 0. The molecule has 0 aromatic carbocycles. The second kappa shape index (κ2) is 4.08. The molecule has 0 unspecified atom stereocenters. The van der Waals surface area contributed by atoms with Crippen molar-refractivity contribution in [2.45, 2.75) is 77.2 Å². The largest absolute Gasteiger partial charge is 0.325 e. The Hall–Kier alpha value is -0.0400. The Balaban J connectivity index is 1.85. The van der Waals surface area contributed by atoms with E-state index in [1.165, 1.54) is 57.8 Å². The number of nitrogens with two attached hydrogens (primary N) is 1. The highest BCUT2D eigenvalue weighted by atomic mass is 14.8. The van der Waals surface area contributed by atoms with Gasteiger partial charge in [-0.2, -0.15) is 0 Å². The van der Waals surface area contributed by atoms with Crippen molar-refractivity contribution in [2.24, 2.45) is 17.1 Å². The van der Waals surface area contributed by atoms with Crippen molar-refractivity contribution in [1.82, 2.24) is 0 Å². The lowest BCUT2D eigenvalue weighted by Gasteiger charge is -2.42. The molecule has 0 aliphatic heterocycles. The summed E-state index contributed by atoms with van der Waals surface area (Å²) in [6.45, 7) is 4.78. The summed E-state index contributed by atoms with van der Waals surface area (Å²) in [5, 5.41) is 0. The highest BCUT2D eigenvalue weighted by Crippen LogP contribution is 2.43. The van der Waals surface area contributed by atoms with Crippen LogP contribution in [-0.4, -0.2) is 5.54 Å². The quantitative estimate of drug-likeness (QED) is 0.734. The lowest BCUT2D eigenvalue weighted by atomic mass is 9.67. The first-order valence-electron chi connectivity index (χ1n) is 6.78. The Labute approximate surface area is 94.8 Å². The Bertz CT molecular complexity index is 203. The summed E-state index contributed by atoms with van der Waals surface area (Å²) < 4.78 is 0. The average molecular weight is 209 g/mol. The van der Waals surface area contributed by atoms with Gasteiger partial charge in [0.1, 0.15) is 0 Å². The summed E-state index contributed by atoms with van der Waals surface area (Å²) in [4.78, 5) is 0. The van der Waals surface area contributed by atoms with Gasteiger partial charge in [-0.05, 0) is 43.4 Å². The zero-order valence-electron chi connectivity index (χ0n) is 10.5. The van der Waals surface area contributed by atoms with E-state index in [1.807, 2.05) is 0 Å². The second-order valence-corrected chi connectivity index (χ2v) is 6.88. The smallest absolute Gasteiger partial charge is 0.0157 e.